The van der Waals surface area contributed by atoms with Gasteiger partial charge in [0, 0.05) is 0 Å². The van der Waals surface area contributed by atoms with E-state index in [1.165, 1.54) is 0 Å². The molecule has 0 aromatic rings. The Balaban J connectivity index is 0. The molecular formula is C8H20ClNO2. The number of aliphatic hydroxyl groups is 2. The fourth-order valence-electron chi connectivity index (χ4n) is 0.763. The molecule has 0 aromatic heterocycles. The predicted molar refractivity (Wildman–Crippen MR) is 52.7 cm³/mol. The zero-order valence-electron chi connectivity index (χ0n) is 7.79. The van der Waals surface area contributed by atoms with Crippen LogP contribution in [-0.2, 0) is 0 Å². The van der Waals surface area contributed by atoms with Crippen molar-refractivity contribution in [2.24, 2.45) is 5.92 Å². The van der Waals surface area contributed by atoms with E-state index in [0.717, 1.165) is 13.0 Å². The van der Waals surface area contributed by atoms with Crippen molar-refractivity contribution in [2.75, 3.05) is 19.8 Å². The summed E-state index contributed by atoms with van der Waals surface area (Å²) >= 11 is 0. The van der Waals surface area contributed by atoms with Gasteiger partial charge in [-0.15, -0.1) is 12.4 Å². The van der Waals surface area contributed by atoms with Crippen LogP contribution >= 0.6 is 12.4 Å². The van der Waals surface area contributed by atoms with E-state index in [0.29, 0.717) is 5.92 Å². The van der Waals surface area contributed by atoms with Crippen LogP contribution in [0.25, 0.3) is 0 Å². The molecule has 0 aliphatic rings. The minimum absolute atomic E-state index is 0. The summed E-state index contributed by atoms with van der Waals surface area (Å²) in [7, 11) is 0. The third-order valence-electron chi connectivity index (χ3n) is 1.60. The van der Waals surface area contributed by atoms with Gasteiger partial charge in [-0.1, -0.05) is 13.8 Å². The number of hydrogen-bond acceptors (Lipinski definition) is 3. The van der Waals surface area contributed by atoms with Crippen LogP contribution in [-0.4, -0.2) is 36.0 Å². The third-order valence-corrected chi connectivity index (χ3v) is 1.60. The molecule has 0 rings (SSSR count). The Morgan fingerprint density at radius 1 is 1.17 bits per heavy atom. The molecule has 0 heterocycles. The normalized spacial score (nSPS) is 10.5. The summed E-state index contributed by atoms with van der Waals surface area (Å²) in [6.07, 6.45) is 1.08. The molecular weight excluding hydrogens is 178 g/mol. The summed E-state index contributed by atoms with van der Waals surface area (Å²) in [5.74, 6) is 0.667. The molecule has 0 aliphatic heterocycles. The Bertz CT molecular complexity index is 87.1. The van der Waals surface area contributed by atoms with Crippen molar-refractivity contribution in [3.05, 3.63) is 0 Å². The Hall–Kier alpha value is 0.170. The van der Waals surface area contributed by atoms with Crippen LogP contribution in [0.4, 0.5) is 0 Å². The van der Waals surface area contributed by atoms with E-state index in [1.807, 2.05) is 0 Å². The van der Waals surface area contributed by atoms with Gasteiger partial charge < -0.3 is 15.5 Å². The number of nitrogens with one attached hydrogen (secondary N) is 1. The van der Waals surface area contributed by atoms with Crippen LogP contribution in [0.5, 0.6) is 0 Å². The van der Waals surface area contributed by atoms with Crippen molar-refractivity contribution < 1.29 is 10.2 Å². The lowest BCUT2D eigenvalue weighted by Crippen LogP contribution is -2.36. The monoisotopic (exact) mass is 197 g/mol. The zero-order valence-corrected chi connectivity index (χ0v) is 8.60. The molecule has 0 radical (unpaired) electrons. The van der Waals surface area contributed by atoms with Gasteiger partial charge in [0.05, 0.1) is 19.3 Å². The van der Waals surface area contributed by atoms with E-state index in [1.54, 1.807) is 0 Å². The average Bonchev–Trinajstić information content (AvgIpc) is 1.98. The molecule has 0 bridgehead atoms. The fraction of sp³-hybridized carbons (Fsp3) is 1.00. The van der Waals surface area contributed by atoms with Gasteiger partial charge in [0.2, 0.25) is 0 Å². The summed E-state index contributed by atoms with van der Waals surface area (Å²) < 4.78 is 0. The molecule has 76 valence electrons. The predicted octanol–water partition coefficient (Wildman–Crippen LogP) is 0.397. The highest BCUT2D eigenvalue weighted by Crippen LogP contribution is 1.96. The van der Waals surface area contributed by atoms with Crippen molar-refractivity contribution in [2.45, 2.75) is 26.3 Å². The lowest BCUT2D eigenvalue weighted by atomic mass is 10.1. The fourth-order valence-corrected chi connectivity index (χ4v) is 0.763. The van der Waals surface area contributed by atoms with Gasteiger partial charge in [-0.3, -0.25) is 0 Å². The highest BCUT2D eigenvalue weighted by Gasteiger charge is 2.03. The van der Waals surface area contributed by atoms with Gasteiger partial charge in [-0.25, -0.2) is 0 Å². The van der Waals surface area contributed by atoms with E-state index in [2.05, 4.69) is 19.2 Å². The first-order chi connectivity index (χ1) is 5.20. The third kappa shape index (κ3) is 8.27. The molecule has 0 spiro atoms. The summed E-state index contributed by atoms with van der Waals surface area (Å²) in [4.78, 5) is 0. The molecule has 0 fully saturated rings. The second-order valence-electron chi connectivity index (χ2n) is 3.20. The van der Waals surface area contributed by atoms with Crippen LogP contribution in [0.2, 0.25) is 0 Å². The molecule has 0 aromatic carbocycles. The number of halogens is 1. The SMILES string of the molecule is CC(C)CCNC(CO)CO.Cl. The molecule has 12 heavy (non-hydrogen) atoms. The second kappa shape index (κ2) is 9.26. The maximum Gasteiger partial charge on any atom is 0.0607 e. The maximum atomic E-state index is 8.67. The molecule has 0 saturated carbocycles. The lowest BCUT2D eigenvalue weighted by Gasteiger charge is -2.13. The maximum absolute atomic E-state index is 8.67. The first kappa shape index (κ1) is 14.7. The first-order valence-electron chi connectivity index (χ1n) is 4.15. The summed E-state index contributed by atoms with van der Waals surface area (Å²) in [5.41, 5.74) is 0. The Kier molecular flexibility index (Phi) is 11.3. The quantitative estimate of drug-likeness (QED) is 0.578. The topological polar surface area (TPSA) is 52.5 Å². The molecule has 0 atom stereocenters. The van der Waals surface area contributed by atoms with Gasteiger partial charge in [0.1, 0.15) is 0 Å². The van der Waals surface area contributed by atoms with E-state index in [4.69, 9.17) is 10.2 Å². The first-order valence-corrected chi connectivity index (χ1v) is 4.15. The summed E-state index contributed by atoms with van der Waals surface area (Å²) in [6, 6.07) is -0.145. The molecule has 0 aliphatic carbocycles. The Labute approximate surface area is 80.6 Å². The summed E-state index contributed by atoms with van der Waals surface area (Å²) in [6.45, 7) is 5.18. The summed E-state index contributed by atoms with van der Waals surface area (Å²) in [5, 5.41) is 20.4. The van der Waals surface area contributed by atoms with Crippen LogP contribution < -0.4 is 5.32 Å². The minimum Gasteiger partial charge on any atom is -0.395 e. The van der Waals surface area contributed by atoms with Crippen LogP contribution in [0.1, 0.15) is 20.3 Å². The molecule has 3 N–H and O–H groups in total. The standard InChI is InChI=1S/C8H19NO2.ClH/c1-7(2)3-4-9-8(5-10)6-11;/h7-11H,3-6H2,1-2H3;1H. The van der Waals surface area contributed by atoms with E-state index >= 15 is 0 Å². The minimum atomic E-state index is -0.145. The van der Waals surface area contributed by atoms with Crippen molar-refractivity contribution in [3.8, 4) is 0 Å². The number of aliphatic hydroxyl groups excluding tert-OH is 2. The number of rotatable bonds is 6. The van der Waals surface area contributed by atoms with Crippen LogP contribution in [0, 0.1) is 5.92 Å². The van der Waals surface area contributed by atoms with E-state index in [9.17, 15) is 0 Å². The van der Waals surface area contributed by atoms with Crippen LogP contribution in [0.15, 0.2) is 0 Å². The molecule has 4 heteroatoms. The molecule has 3 nitrogen and oxygen atoms in total. The van der Waals surface area contributed by atoms with Gasteiger partial charge in [0.25, 0.3) is 0 Å². The van der Waals surface area contributed by atoms with Crippen molar-refractivity contribution in [1.82, 2.24) is 5.32 Å². The van der Waals surface area contributed by atoms with Gasteiger partial charge in [-0.05, 0) is 18.9 Å². The van der Waals surface area contributed by atoms with Gasteiger partial charge in [0.15, 0.2) is 0 Å². The van der Waals surface area contributed by atoms with Crippen LogP contribution in [0.3, 0.4) is 0 Å². The van der Waals surface area contributed by atoms with Crippen molar-refractivity contribution in [1.29, 1.82) is 0 Å². The highest BCUT2D eigenvalue weighted by molar-refractivity contribution is 5.85. The Morgan fingerprint density at radius 3 is 2.00 bits per heavy atom. The zero-order chi connectivity index (χ0) is 8.69. The van der Waals surface area contributed by atoms with Crippen molar-refractivity contribution >= 4 is 12.4 Å². The van der Waals surface area contributed by atoms with Crippen molar-refractivity contribution in [3.63, 3.8) is 0 Å². The van der Waals surface area contributed by atoms with E-state index < -0.39 is 0 Å². The van der Waals surface area contributed by atoms with Gasteiger partial charge in [-0.2, -0.15) is 0 Å². The smallest absolute Gasteiger partial charge is 0.0607 e. The molecule has 0 unspecified atom stereocenters. The Morgan fingerprint density at radius 2 is 1.67 bits per heavy atom. The average molecular weight is 198 g/mol. The molecule has 0 amide bonds. The molecule has 0 saturated heterocycles. The van der Waals surface area contributed by atoms with E-state index in [-0.39, 0.29) is 31.7 Å². The largest absolute Gasteiger partial charge is 0.395 e. The second-order valence-corrected chi connectivity index (χ2v) is 3.20. The highest BCUT2D eigenvalue weighted by atomic mass is 35.5. The number of hydrogen-bond donors (Lipinski definition) is 3. The lowest BCUT2D eigenvalue weighted by molar-refractivity contribution is 0.170. The van der Waals surface area contributed by atoms with Gasteiger partial charge >= 0.3 is 0 Å².